The topological polar surface area (TPSA) is 54.2 Å². The van der Waals surface area contributed by atoms with Gasteiger partial charge in [-0.05, 0) is 35.6 Å². The average Bonchev–Trinajstić information content (AvgIpc) is 3.39. The van der Waals surface area contributed by atoms with Crippen LogP contribution >= 0.6 is 35.3 Å². The molecule has 0 aliphatic rings. The Bertz CT molecular complexity index is 830. The summed E-state index contributed by atoms with van der Waals surface area (Å²) >= 11 is 1.80. The van der Waals surface area contributed by atoms with Gasteiger partial charge in [0.05, 0.1) is 13.1 Å². The van der Waals surface area contributed by atoms with Crippen LogP contribution in [-0.4, -0.2) is 28.8 Å². The molecule has 3 aromatic rings. The van der Waals surface area contributed by atoms with E-state index in [1.54, 1.807) is 11.3 Å². The first-order valence-corrected chi connectivity index (χ1v) is 10.2. The van der Waals surface area contributed by atoms with Crippen LogP contribution in [0.25, 0.3) is 0 Å². The Morgan fingerprint density at radius 3 is 2.64 bits per heavy atom. The molecular formula is C21H28IN5S. The van der Waals surface area contributed by atoms with E-state index in [1.165, 1.54) is 16.0 Å². The Morgan fingerprint density at radius 2 is 1.96 bits per heavy atom. The van der Waals surface area contributed by atoms with E-state index in [9.17, 15) is 0 Å². The summed E-state index contributed by atoms with van der Waals surface area (Å²) in [6, 6.07) is 14.7. The number of guanidine groups is 1. The molecule has 0 aliphatic carbocycles. The molecule has 1 aromatic carbocycles. The highest BCUT2D eigenvalue weighted by Gasteiger charge is 2.08. The summed E-state index contributed by atoms with van der Waals surface area (Å²) in [6.45, 7) is 7.43. The highest BCUT2D eigenvalue weighted by molar-refractivity contribution is 14.0. The predicted molar refractivity (Wildman–Crippen MR) is 129 cm³/mol. The van der Waals surface area contributed by atoms with Crippen LogP contribution in [0.3, 0.4) is 0 Å². The summed E-state index contributed by atoms with van der Waals surface area (Å²) < 4.78 is 1.94. The van der Waals surface area contributed by atoms with Gasteiger partial charge in [-0.3, -0.25) is 4.68 Å². The van der Waals surface area contributed by atoms with Crippen LogP contribution in [0.1, 0.15) is 35.8 Å². The second-order valence-corrected chi connectivity index (χ2v) is 7.44. The SMILES string of the molecule is CCNC(=NCc1ccccc1Cn1cccn1)NCC(C)c1cccs1.I. The summed E-state index contributed by atoms with van der Waals surface area (Å²) in [6.07, 6.45) is 3.79. The molecule has 2 aromatic heterocycles. The number of nitrogens with zero attached hydrogens (tertiary/aromatic N) is 3. The van der Waals surface area contributed by atoms with E-state index < -0.39 is 0 Å². The lowest BCUT2D eigenvalue weighted by atomic mass is 10.1. The number of hydrogen-bond donors (Lipinski definition) is 2. The number of rotatable bonds is 8. The second kappa shape index (κ2) is 11.9. The van der Waals surface area contributed by atoms with E-state index in [2.05, 4.69) is 71.4 Å². The summed E-state index contributed by atoms with van der Waals surface area (Å²) in [5, 5.41) is 13.2. The van der Waals surface area contributed by atoms with Crippen molar-refractivity contribution in [1.82, 2.24) is 20.4 Å². The quantitative estimate of drug-likeness (QED) is 0.268. The highest BCUT2D eigenvalue weighted by Crippen LogP contribution is 2.19. The molecular weight excluding hydrogens is 481 g/mol. The zero-order valence-corrected chi connectivity index (χ0v) is 19.5. The van der Waals surface area contributed by atoms with Crippen LogP contribution in [0.4, 0.5) is 0 Å². The van der Waals surface area contributed by atoms with Crippen molar-refractivity contribution in [2.45, 2.75) is 32.9 Å². The van der Waals surface area contributed by atoms with E-state index in [0.29, 0.717) is 12.5 Å². The number of thiophene rings is 1. The molecule has 0 amide bonds. The molecule has 28 heavy (non-hydrogen) atoms. The van der Waals surface area contributed by atoms with Crippen LogP contribution in [0.15, 0.2) is 65.2 Å². The zero-order chi connectivity index (χ0) is 18.9. The summed E-state index contributed by atoms with van der Waals surface area (Å²) in [5.74, 6) is 1.32. The van der Waals surface area contributed by atoms with Gasteiger partial charge in [0.2, 0.25) is 0 Å². The van der Waals surface area contributed by atoms with Crippen molar-refractivity contribution in [2.75, 3.05) is 13.1 Å². The first-order valence-electron chi connectivity index (χ1n) is 9.36. The Labute approximate surface area is 188 Å². The Morgan fingerprint density at radius 1 is 1.14 bits per heavy atom. The van der Waals surface area contributed by atoms with Crippen molar-refractivity contribution in [3.63, 3.8) is 0 Å². The molecule has 0 bridgehead atoms. The average molecular weight is 509 g/mol. The second-order valence-electron chi connectivity index (χ2n) is 6.46. The number of aromatic nitrogens is 2. The van der Waals surface area contributed by atoms with Gasteiger partial charge in [0, 0.05) is 36.3 Å². The van der Waals surface area contributed by atoms with Gasteiger partial charge in [-0.25, -0.2) is 4.99 Å². The van der Waals surface area contributed by atoms with Crippen LogP contribution in [0.2, 0.25) is 0 Å². The fraction of sp³-hybridized carbons (Fsp3) is 0.333. The fourth-order valence-corrected chi connectivity index (χ4v) is 3.65. The van der Waals surface area contributed by atoms with Gasteiger partial charge in [0.25, 0.3) is 0 Å². The lowest BCUT2D eigenvalue weighted by molar-refractivity contribution is 0.680. The molecule has 0 radical (unpaired) electrons. The van der Waals surface area contributed by atoms with Crippen molar-refractivity contribution in [2.24, 2.45) is 4.99 Å². The molecule has 0 fully saturated rings. The van der Waals surface area contributed by atoms with E-state index in [1.807, 2.05) is 23.1 Å². The smallest absolute Gasteiger partial charge is 0.191 e. The van der Waals surface area contributed by atoms with Gasteiger partial charge in [-0.15, -0.1) is 35.3 Å². The van der Waals surface area contributed by atoms with Crippen molar-refractivity contribution in [3.8, 4) is 0 Å². The third-order valence-electron chi connectivity index (χ3n) is 4.37. The fourth-order valence-electron chi connectivity index (χ4n) is 2.86. The molecule has 2 heterocycles. The monoisotopic (exact) mass is 509 g/mol. The van der Waals surface area contributed by atoms with Gasteiger partial charge < -0.3 is 10.6 Å². The van der Waals surface area contributed by atoms with Crippen molar-refractivity contribution < 1.29 is 0 Å². The lowest BCUT2D eigenvalue weighted by Crippen LogP contribution is -2.39. The summed E-state index contributed by atoms with van der Waals surface area (Å²) in [5.41, 5.74) is 2.46. The van der Waals surface area contributed by atoms with E-state index >= 15 is 0 Å². The van der Waals surface area contributed by atoms with E-state index in [0.717, 1.165) is 25.6 Å². The van der Waals surface area contributed by atoms with Crippen molar-refractivity contribution in [3.05, 3.63) is 76.2 Å². The van der Waals surface area contributed by atoms with Crippen LogP contribution in [0.5, 0.6) is 0 Å². The molecule has 7 heteroatoms. The summed E-state index contributed by atoms with van der Waals surface area (Å²) in [7, 11) is 0. The van der Waals surface area contributed by atoms with Gasteiger partial charge in [0.15, 0.2) is 5.96 Å². The van der Waals surface area contributed by atoms with Crippen molar-refractivity contribution >= 4 is 41.3 Å². The number of aliphatic imine (C=N–C) groups is 1. The number of hydrogen-bond acceptors (Lipinski definition) is 3. The molecule has 0 aliphatic heterocycles. The third-order valence-corrected chi connectivity index (χ3v) is 5.47. The minimum Gasteiger partial charge on any atom is -0.357 e. The van der Waals surface area contributed by atoms with Crippen molar-refractivity contribution in [1.29, 1.82) is 0 Å². The van der Waals surface area contributed by atoms with Gasteiger partial charge >= 0.3 is 0 Å². The highest BCUT2D eigenvalue weighted by atomic mass is 127. The zero-order valence-electron chi connectivity index (χ0n) is 16.3. The van der Waals surface area contributed by atoms with Gasteiger partial charge in [0.1, 0.15) is 0 Å². The van der Waals surface area contributed by atoms with Crippen LogP contribution in [-0.2, 0) is 13.1 Å². The molecule has 5 nitrogen and oxygen atoms in total. The van der Waals surface area contributed by atoms with Crippen LogP contribution < -0.4 is 10.6 Å². The maximum atomic E-state index is 4.80. The standard InChI is InChI=1S/C21H27N5S.HI/c1-3-22-21(23-14-17(2)20-10-6-13-27-20)24-15-18-8-4-5-9-19(18)16-26-12-7-11-25-26;/h4-13,17H,3,14-16H2,1-2H3,(H2,22,23,24);1H. The maximum Gasteiger partial charge on any atom is 0.191 e. The summed E-state index contributed by atoms with van der Waals surface area (Å²) in [4.78, 5) is 6.19. The molecule has 1 unspecified atom stereocenters. The Kier molecular flexibility index (Phi) is 9.49. The van der Waals surface area contributed by atoms with E-state index in [-0.39, 0.29) is 24.0 Å². The van der Waals surface area contributed by atoms with Gasteiger partial charge in [-0.2, -0.15) is 5.10 Å². The molecule has 0 saturated heterocycles. The van der Waals surface area contributed by atoms with E-state index in [4.69, 9.17) is 4.99 Å². The first-order chi connectivity index (χ1) is 13.3. The van der Waals surface area contributed by atoms with Gasteiger partial charge in [-0.1, -0.05) is 37.3 Å². The van der Waals surface area contributed by atoms with Crippen LogP contribution in [0, 0.1) is 0 Å². The minimum absolute atomic E-state index is 0. The maximum absolute atomic E-state index is 4.80. The number of benzene rings is 1. The molecule has 1 atom stereocenters. The predicted octanol–water partition coefficient (Wildman–Crippen LogP) is 4.47. The minimum atomic E-state index is 0. The number of nitrogens with one attached hydrogen (secondary N) is 2. The molecule has 3 rings (SSSR count). The largest absolute Gasteiger partial charge is 0.357 e. The normalized spacial score (nSPS) is 12.3. The number of halogens is 1. The third kappa shape index (κ3) is 6.63. The Balaban J connectivity index is 0.00000280. The molecule has 2 N–H and O–H groups in total. The Hall–Kier alpha value is -1.87. The molecule has 150 valence electrons. The lowest BCUT2D eigenvalue weighted by Gasteiger charge is -2.15. The first kappa shape index (κ1) is 22.4. The molecule has 0 spiro atoms. The molecule has 0 saturated carbocycles.